The number of amides is 1. The van der Waals surface area contributed by atoms with Crippen LogP contribution in [0, 0.1) is 18.7 Å². The largest absolute Gasteiger partial charge is 0.478 e. The second-order valence-electron chi connectivity index (χ2n) is 9.42. The Morgan fingerprint density at radius 1 is 1.15 bits per heavy atom. The molecule has 1 aliphatic heterocycles. The SMILES string of the molecule is Cc1c(Br)cc(N2C(=O)[C@@]3(C[C@]3(c3ccc(Cl)cc3)C(C)C)c3cc(F)ccc32)cc1C(=O)O. The van der Waals surface area contributed by atoms with Crippen LogP contribution in [0.1, 0.15) is 47.3 Å². The van der Waals surface area contributed by atoms with E-state index in [4.69, 9.17) is 11.6 Å². The van der Waals surface area contributed by atoms with Gasteiger partial charge in [-0.05, 0) is 78.4 Å². The first kappa shape index (κ1) is 23.1. The molecule has 2 atom stereocenters. The Bertz CT molecular complexity index is 1370. The van der Waals surface area contributed by atoms with Crippen molar-refractivity contribution in [2.45, 2.75) is 38.0 Å². The topological polar surface area (TPSA) is 57.6 Å². The number of fused-ring (bicyclic) bond motifs is 2. The molecule has 1 amide bonds. The van der Waals surface area contributed by atoms with Crippen LogP contribution in [0.3, 0.4) is 0 Å². The summed E-state index contributed by atoms with van der Waals surface area (Å²) < 4.78 is 15.1. The number of nitrogens with zero attached hydrogens (tertiary/aromatic N) is 1. The molecule has 3 aromatic rings. The first-order valence-electron chi connectivity index (χ1n) is 11.0. The molecule has 1 spiro atoms. The van der Waals surface area contributed by atoms with Gasteiger partial charge in [0, 0.05) is 14.9 Å². The first-order chi connectivity index (χ1) is 16.0. The molecular formula is C27H22BrClFNO3. The van der Waals surface area contributed by atoms with Crippen molar-refractivity contribution in [3.8, 4) is 0 Å². The number of hydrogen-bond donors (Lipinski definition) is 1. The van der Waals surface area contributed by atoms with E-state index in [2.05, 4.69) is 29.8 Å². The number of anilines is 2. The molecule has 0 bridgehead atoms. The van der Waals surface area contributed by atoms with Crippen LogP contribution in [0.15, 0.2) is 59.1 Å². The highest BCUT2D eigenvalue weighted by Gasteiger charge is 2.78. The van der Waals surface area contributed by atoms with E-state index in [0.29, 0.717) is 38.4 Å². The molecule has 0 radical (unpaired) electrons. The molecule has 0 aromatic heterocycles. The van der Waals surface area contributed by atoms with Crippen molar-refractivity contribution in [3.05, 3.63) is 92.2 Å². The maximum absolute atomic E-state index is 14.6. The van der Waals surface area contributed by atoms with Gasteiger partial charge in [0.05, 0.1) is 22.4 Å². The lowest BCUT2D eigenvalue weighted by Gasteiger charge is -2.27. The minimum Gasteiger partial charge on any atom is -0.478 e. The number of hydrogen-bond acceptors (Lipinski definition) is 2. The van der Waals surface area contributed by atoms with E-state index in [1.807, 2.05) is 24.3 Å². The Morgan fingerprint density at radius 3 is 2.44 bits per heavy atom. The van der Waals surface area contributed by atoms with Gasteiger partial charge in [0.25, 0.3) is 0 Å². The highest BCUT2D eigenvalue weighted by atomic mass is 79.9. The lowest BCUT2D eigenvalue weighted by molar-refractivity contribution is -0.120. The molecule has 4 nitrogen and oxygen atoms in total. The molecule has 5 rings (SSSR count). The standard InChI is InChI=1S/C27H22BrClFNO3/c1-14(2)26(16-4-6-17(29)7-5-16)13-27(26)21-10-18(30)8-9-23(21)31(25(27)34)19-11-20(24(32)33)15(3)22(28)12-19/h4-12,14H,13H2,1-3H3,(H,32,33)/t26-,27-/m1/s1. The summed E-state index contributed by atoms with van der Waals surface area (Å²) in [7, 11) is 0. The third-order valence-corrected chi connectivity index (χ3v) is 8.65. The highest BCUT2D eigenvalue weighted by Crippen LogP contribution is 2.74. The van der Waals surface area contributed by atoms with Crippen molar-refractivity contribution < 1.29 is 19.1 Å². The lowest BCUT2D eigenvalue weighted by Crippen LogP contribution is -2.36. The Hall–Kier alpha value is -2.70. The third-order valence-electron chi connectivity index (χ3n) is 7.57. The summed E-state index contributed by atoms with van der Waals surface area (Å²) in [6.07, 6.45) is 0.532. The quantitative estimate of drug-likeness (QED) is 0.380. The molecule has 3 aromatic carbocycles. The van der Waals surface area contributed by atoms with E-state index in [-0.39, 0.29) is 17.4 Å². The van der Waals surface area contributed by atoms with E-state index in [0.717, 1.165) is 5.56 Å². The fourth-order valence-corrected chi connectivity index (χ4v) is 6.41. The van der Waals surface area contributed by atoms with E-state index < -0.39 is 22.6 Å². The molecule has 1 saturated carbocycles. The fourth-order valence-electron chi connectivity index (χ4n) is 5.83. The summed E-state index contributed by atoms with van der Waals surface area (Å²) in [6, 6.07) is 15.2. The molecule has 1 fully saturated rings. The van der Waals surface area contributed by atoms with Crippen molar-refractivity contribution >= 4 is 50.8 Å². The predicted molar refractivity (Wildman–Crippen MR) is 134 cm³/mol. The number of aromatic carboxylic acids is 1. The number of carboxylic acid groups (broad SMARTS) is 1. The predicted octanol–water partition coefficient (Wildman–Crippen LogP) is 7.16. The summed E-state index contributed by atoms with van der Waals surface area (Å²) in [5.74, 6) is -1.59. The van der Waals surface area contributed by atoms with Crippen LogP contribution in [0.25, 0.3) is 0 Å². The average Bonchev–Trinajstić information content (AvgIpc) is 3.44. The average molecular weight is 543 g/mol. The van der Waals surface area contributed by atoms with Crippen molar-refractivity contribution in [1.82, 2.24) is 0 Å². The van der Waals surface area contributed by atoms with Gasteiger partial charge < -0.3 is 5.11 Å². The summed E-state index contributed by atoms with van der Waals surface area (Å²) >= 11 is 9.58. The molecule has 7 heteroatoms. The second-order valence-corrected chi connectivity index (χ2v) is 10.7. The second kappa shape index (κ2) is 7.65. The number of carboxylic acids is 1. The number of carbonyl (C=O) groups is 2. The highest BCUT2D eigenvalue weighted by molar-refractivity contribution is 9.10. The van der Waals surface area contributed by atoms with Crippen LogP contribution >= 0.6 is 27.5 Å². The van der Waals surface area contributed by atoms with Gasteiger partial charge in [-0.15, -0.1) is 0 Å². The van der Waals surface area contributed by atoms with Crippen LogP contribution in [0.2, 0.25) is 5.02 Å². The zero-order valence-corrected chi connectivity index (χ0v) is 21.2. The number of carbonyl (C=O) groups excluding carboxylic acids is 1. The minimum atomic E-state index is -1.08. The van der Waals surface area contributed by atoms with Gasteiger partial charge in [-0.3, -0.25) is 9.69 Å². The zero-order valence-electron chi connectivity index (χ0n) is 18.8. The van der Waals surface area contributed by atoms with Gasteiger partial charge in [-0.2, -0.15) is 0 Å². The number of benzene rings is 3. The molecule has 1 heterocycles. The molecule has 1 aliphatic carbocycles. The van der Waals surface area contributed by atoms with Crippen LogP contribution in [0.5, 0.6) is 0 Å². The lowest BCUT2D eigenvalue weighted by atomic mass is 9.75. The zero-order chi connectivity index (χ0) is 24.6. The monoisotopic (exact) mass is 541 g/mol. The summed E-state index contributed by atoms with van der Waals surface area (Å²) in [5.41, 5.74) is 1.81. The van der Waals surface area contributed by atoms with Crippen molar-refractivity contribution in [3.63, 3.8) is 0 Å². The Balaban J connectivity index is 1.75. The Morgan fingerprint density at radius 2 is 1.82 bits per heavy atom. The Labute approximate surface area is 210 Å². The van der Waals surface area contributed by atoms with Gasteiger partial charge in [0.2, 0.25) is 5.91 Å². The van der Waals surface area contributed by atoms with Gasteiger partial charge in [-0.1, -0.05) is 53.5 Å². The smallest absolute Gasteiger partial charge is 0.336 e. The number of rotatable bonds is 4. The van der Waals surface area contributed by atoms with E-state index in [9.17, 15) is 19.1 Å². The molecule has 0 saturated heterocycles. The molecule has 34 heavy (non-hydrogen) atoms. The van der Waals surface area contributed by atoms with E-state index >= 15 is 0 Å². The fraction of sp³-hybridized carbons (Fsp3) is 0.259. The summed E-state index contributed by atoms with van der Waals surface area (Å²) in [5, 5.41) is 10.3. The van der Waals surface area contributed by atoms with Crippen molar-refractivity contribution in [2.24, 2.45) is 5.92 Å². The normalized spacial score (nSPS) is 23.0. The molecule has 2 aliphatic rings. The maximum Gasteiger partial charge on any atom is 0.336 e. The summed E-state index contributed by atoms with van der Waals surface area (Å²) in [4.78, 5) is 27.7. The van der Waals surface area contributed by atoms with Crippen molar-refractivity contribution in [1.29, 1.82) is 0 Å². The van der Waals surface area contributed by atoms with Crippen LogP contribution in [-0.4, -0.2) is 17.0 Å². The van der Waals surface area contributed by atoms with E-state index in [1.165, 1.54) is 18.2 Å². The molecule has 1 N–H and O–H groups in total. The maximum atomic E-state index is 14.6. The molecule has 0 unspecified atom stereocenters. The van der Waals surface area contributed by atoms with Gasteiger partial charge in [0.15, 0.2) is 0 Å². The van der Waals surface area contributed by atoms with E-state index in [1.54, 1.807) is 24.0 Å². The van der Waals surface area contributed by atoms with Crippen LogP contribution in [0.4, 0.5) is 15.8 Å². The van der Waals surface area contributed by atoms with Crippen LogP contribution < -0.4 is 4.90 Å². The Kier molecular flexibility index (Phi) is 5.19. The van der Waals surface area contributed by atoms with Crippen molar-refractivity contribution in [2.75, 3.05) is 4.90 Å². The van der Waals surface area contributed by atoms with Gasteiger partial charge in [-0.25, -0.2) is 9.18 Å². The molecule has 174 valence electrons. The van der Waals surface area contributed by atoms with Gasteiger partial charge in [0.1, 0.15) is 5.82 Å². The number of halogens is 3. The molecular weight excluding hydrogens is 521 g/mol. The van der Waals surface area contributed by atoms with Crippen LogP contribution in [-0.2, 0) is 15.6 Å². The van der Waals surface area contributed by atoms with Gasteiger partial charge >= 0.3 is 5.97 Å². The summed E-state index contributed by atoms with van der Waals surface area (Å²) in [6.45, 7) is 5.85. The first-order valence-corrected chi connectivity index (χ1v) is 12.2. The third kappa shape index (κ3) is 2.94. The minimum absolute atomic E-state index is 0.0769.